The second kappa shape index (κ2) is 12.9. The van der Waals surface area contributed by atoms with Crippen LogP contribution in [0.15, 0.2) is 36.4 Å². The predicted octanol–water partition coefficient (Wildman–Crippen LogP) is 5.27. The summed E-state index contributed by atoms with van der Waals surface area (Å²) in [6.07, 6.45) is 1.89. The SMILES string of the molecule is CCC(C)NC(=O)C(CC)N(Cc1ccc(Cl)c(Cl)c1)C(=O)CN(c1ccc(F)c(Cl)c1)S(C)(=O)=O. The van der Waals surface area contributed by atoms with E-state index in [1.54, 1.807) is 25.1 Å². The van der Waals surface area contributed by atoms with Gasteiger partial charge in [0, 0.05) is 12.6 Å². The molecular formula is C24H29Cl3FN3O4S. The van der Waals surface area contributed by atoms with Gasteiger partial charge in [-0.15, -0.1) is 0 Å². The summed E-state index contributed by atoms with van der Waals surface area (Å²) in [4.78, 5) is 28.0. The fourth-order valence-electron chi connectivity index (χ4n) is 3.45. The molecule has 0 aliphatic heterocycles. The van der Waals surface area contributed by atoms with Crippen molar-refractivity contribution < 1.29 is 22.4 Å². The fraction of sp³-hybridized carbons (Fsp3) is 0.417. The minimum atomic E-state index is -3.97. The maximum Gasteiger partial charge on any atom is 0.244 e. The van der Waals surface area contributed by atoms with Gasteiger partial charge < -0.3 is 10.2 Å². The monoisotopic (exact) mass is 579 g/mol. The number of rotatable bonds is 11. The molecule has 2 amide bonds. The van der Waals surface area contributed by atoms with Crippen LogP contribution in [0.1, 0.15) is 39.2 Å². The molecule has 2 aromatic carbocycles. The third-order valence-electron chi connectivity index (χ3n) is 5.59. The first-order valence-corrected chi connectivity index (χ1v) is 14.2. The molecule has 2 aromatic rings. The highest BCUT2D eigenvalue weighted by Crippen LogP contribution is 2.26. The van der Waals surface area contributed by atoms with Crippen LogP contribution in [0.5, 0.6) is 0 Å². The lowest BCUT2D eigenvalue weighted by molar-refractivity contribution is -0.140. The van der Waals surface area contributed by atoms with Gasteiger partial charge in [-0.3, -0.25) is 13.9 Å². The molecule has 7 nitrogen and oxygen atoms in total. The Morgan fingerprint density at radius 3 is 2.19 bits per heavy atom. The standard InChI is InChI=1S/C24H29Cl3FN3O4S/c1-5-15(3)29-24(33)22(6-2)30(13-16-7-9-18(25)19(26)11-16)23(32)14-31(36(4,34)35)17-8-10-21(28)20(27)12-17/h7-12,15,22H,5-6,13-14H2,1-4H3,(H,29,33). The molecule has 12 heteroatoms. The molecule has 0 spiro atoms. The van der Waals surface area contributed by atoms with Crippen molar-refractivity contribution in [2.45, 2.75) is 52.2 Å². The van der Waals surface area contributed by atoms with Crippen LogP contribution in [0.2, 0.25) is 15.1 Å². The maximum atomic E-state index is 13.7. The number of sulfonamides is 1. The molecule has 0 heterocycles. The second-order valence-corrected chi connectivity index (χ2v) is 11.5. The first-order chi connectivity index (χ1) is 16.8. The number of carbonyl (C=O) groups excluding carboxylic acids is 2. The molecule has 2 atom stereocenters. The molecule has 2 rings (SSSR count). The van der Waals surface area contributed by atoms with E-state index in [2.05, 4.69) is 5.32 Å². The molecule has 0 aliphatic rings. The van der Waals surface area contributed by atoms with Crippen LogP contribution in [0.4, 0.5) is 10.1 Å². The number of nitrogens with zero attached hydrogens (tertiary/aromatic N) is 2. The van der Waals surface area contributed by atoms with Crippen LogP contribution in [-0.4, -0.2) is 50.0 Å². The van der Waals surface area contributed by atoms with E-state index in [9.17, 15) is 22.4 Å². The minimum Gasteiger partial charge on any atom is -0.352 e. The zero-order valence-electron chi connectivity index (χ0n) is 20.4. The zero-order valence-corrected chi connectivity index (χ0v) is 23.5. The van der Waals surface area contributed by atoms with Gasteiger partial charge in [-0.1, -0.05) is 54.7 Å². The third-order valence-corrected chi connectivity index (χ3v) is 7.76. The summed E-state index contributed by atoms with van der Waals surface area (Å²) in [6, 6.07) is 7.17. The topological polar surface area (TPSA) is 86.8 Å². The average Bonchev–Trinajstić information content (AvgIpc) is 2.80. The molecule has 1 N–H and O–H groups in total. The third kappa shape index (κ3) is 7.96. The van der Waals surface area contributed by atoms with Crippen LogP contribution in [0, 0.1) is 5.82 Å². The fourth-order valence-corrected chi connectivity index (χ4v) is 4.79. The van der Waals surface area contributed by atoms with Crippen molar-refractivity contribution in [3.8, 4) is 0 Å². The van der Waals surface area contributed by atoms with E-state index in [4.69, 9.17) is 34.8 Å². The van der Waals surface area contributed by atoms with E-state index in [0.29, 0.717) is 17.0 Å². The van der Waals surface area contributed by atoms with E-state index in [0.717, 1.165) is 22.7 Å². The van der Waals surface area contributed by atoms with Gasteiger partial charge in [0.2, 0.25) is 21.8 Å². The Kier molecular flexibility index (Phi) is 10.8. The Hall–Kier alpha value is -2.07. The highest BCUT2D eigenvalue weighted by molar-refractivity contribution is 7.92. The predicted molar refractivity (Wildman–Crippen MR) is 143 cm³/mol. The van der Waals surface area contributed by atoms with Gasteiger partial charge in [-0.05, 0) is 55.7 Å². The lowest BCUT2D eigenvalue weighted by atomic mass is 10.1. The molecule has 0 saturated carbocycles. The average molecular weight is 581 g/mol. The summed E-state index contributed by atoms with van der Waals surface area (Å²) in [5.74, 6) is -1.73. The molecule has 36 heavy (non-hydrogen) atoms. The molecule has 0 fully saturated rings. The van der Waals surface area contributed by atoms with Crippen molar-refractivity contribution in [2.24, 2.45) is 0 Å². The van der Waals surface area contributed by atoms with Crippen LogP contribution in [0.25, 0.3) is 0 Å². The Bertz CT molecular complexity index is 1210. The van der Waals surface area contributed by atoms with Crippen molar-refractivity contribution in [3.05, 3.63) is 62.8 Å². The number of halogens is 4. The molecular weight excluding hydrogens is 552 g/mol. The van der Waals surface area contributed by atoms with Crippen LogP contribution >= 0.6 is 34.8 Å². The lowest BCUT2D eigenvalue weighted by Gasteiger charge is -2.33. The van der Waals surface area contributed by atoms with Gasteiger partial charge in [-0.2, -0.15) is 0 Å². The zero-order chi connectivity index (χ0) is 27.2. The Labute approximate surface area is 226 Å². The van der Waals surface area contributed by atoms with Crippen LogP contribution in [0.3, 0.4) is 0 Å². The van der Waals surface area contributed by atoms with Gasteiger partial charge in [0.1, 0.15) is 18.4 Å². The second-order valence-electron chi connectivity index (χ2n) is 8.38. The van der Waals surface area contributed by atoms with E-state index in [1.165, 1.54) is 11.0 Å². The van der Waals surface area contributed by atoms with E-state index < -0.39 is 34.3 Å². The smallest absolute Gasteiger partial charge is 0.244 e. The molecule has 0 aliphatic carbocycles. The Morgan fingerprint density at radius 1 is 1.00 bits per heavy atom. The summed E-state index contributed by atoms with van der Waals surface area (Å²) in [5.41, 5.74) is 0.618. The maximum absolute atomic E-state index is 13.7. The number of nitrogens with one attached hydrogen (secondary N) is 1. The molecule has 0 bridgehead atoms. The van der Waals surface area contributed by atoms with Gasteiger partial charge >= 0.3 is 0 Å². The molecule has 0 aromatic heterocycles. The largest absolute Gasteiger partial charge is 0.352 e. The number of hydrogen-bond acceptors (Lipinski definition) is 4. The van der Waals surface area contributed by atoms with E-state index >= 15 is 0 Å². The summed E-state index contributed by atoms with van der Waals surface area (Å²) in [7, 11) is -3.97. The minimum absolute atomic E-state index is 0.0174. The highest BCUT2D eigenvalue weighted by Gasteiger charge is 2.32. The van der Waals surface area contributed by atoms with Crippen LogP contribution < -0.4 is 9.62 Å². The molecule has 198 valence electrons. The van der Waals surface area contributed by atoms with Gasteiger partial charge in [0.15, 0.2) is 0 Å². The summed E-state index contributed by atoms with van der Waals surface area (Å²) in [5, 5.41) is 3.19. The summed E-state index contributed by atoms with van der Waals surface area (Å²) in [6.45, 7) is 4.87. The summed E-state index contributed by atoms with van der Waals surface area (Å²) >= 11 is 18.0. The molecule has 0 radical (unpaired) electrons. The normalized spacial score (nSPS) is 13.1. The van der Waals surface area contributed by atoms with E-state index in [1.807, 2.05) is 13.8 Å². The van der Waals surface area contributed by atoms with Gasteiger partial charge in [-0.25, -0.2) is 12.8 Å². The number of hydrogen-bond donors (Lipinski definition) is 1. The Morgan fingerprint density at radius 2 is 1.67 bits per heavy atom. The van der Waals surface area contributed by atoms with Crippen LogP contribution in [-0.2, 0) is 26.2 Å². The molecule has 2 unspecified atom stereocenters. The van der Waals surface area contributed by atoms with E-state index in [-0.39, 0.29) is 40.6 Å². The van der Waals surface area contributed by atoms with Crippen molar-refractivity contribution in [2.75, 3.05) is 17.1 Å². The van der Waals surface area contributed by atoms with Gasteiger partial charge in [0.05, 0.1) is 27.0 Å². The quantitative estimate of drug-likeness (QED) is 0.392. The summed E-state index contributed by atoms with van der Waals surface area (Å²) < 4.78 is 39.7. The number of amides is 2. The highest BCUT2D eigenvalue weighted by atomic mass is 35.5. The van der Waals surface area contributed by atoms with Gasteiger partial charge in [0.25, 0.3) is 0 Å². The first kappa shape index (κ1) is 30.2. The van der Waals surface area contributed by atoms with Crippen molar-refractivity contribution >= 4 is 62.3 Å². The van der Waals surface area contributed by atoms with Crippen molar-refractivity contribution in [1.82, 2.24) is 10.2 Å². The first-order valence-electron chi connectivity index (χ1n) is 11.2. The number of benzene rings is 2. The van der Waals surface area contributed by atoms with Crippen molar-refractivity contribution in [3.63, 3.8) is 0 Å². The number of carbonyl (C=O) groups is 2. The van der Waals surface area contributed by atoms with Crippen molar-refractivity contribution in [1.29, 1.82) is 0 Å². The lowest BCUT2D eigenvalue weighted by Crippen LogP contribution is -2.53. The Balaban J connectivity index is 2.48. The molecule has 0 saturated heterocycles. The number of anilines is 1.